The molecule has 0 saturated carbocycles. The van der Waals surface area contributed by atoms with Crippen molar-refractivity contribution >= 4 is 23.1 Å². The summed E-state index contributed by atoms with van der Waals surface area (Å²) in [6.07, 6.45) is 1.37. The molecule has 3 N–H and O–H groups in total. The number of carbonyl (C=O) groups is 1. The lowest BCUT2D eigenvalue weighted by molar-refractivity contribution is -0.0543. The second-order valence-electron chi connectivity index (χ2n) is 8.84. The summed E-state index contributed by atoms with van der Waals surface area (Å²) in [5.41, 5.74) is 1.56. The van der Waals surface area contributed by atoms with E-state index in [2.05, 4.69) is 25.9 Å². The van der Waals surface area contributed by atoms with Gasteiger partial charge in [-0.1, -0.05) is 6.07 Å². The number of aromatic nitrogens is 2. The van der Waals surface area contributed by atoms with Gasteiger partial charge in [0.15, 0.2) is 0 Å². The fraction of sp³-hybridized carbons (Fsp3) is 0.320. The van der Waals surface area contributed by atoms with Crippen LogP contribution in [0, 0.1) is 11.6 Å². The third-order valence-electron chi connectivity index (χ3n) is 6.33. The van der Waals surface area contributed by atoms with Gasteiger partial charge >= 0.3 is 0 Å². The molecule has 4 heterocycles. The predicted molar refractivity (Wildman–Crippen MR) is 127 cm³/mol. The second kappa shape index (κ2) is 9.73. The molecule has 0 unspecified atom stereocenters. The van der Waals surface area contributed by atoms with E-state index in [-0.39, 0.29) is 36.6 Å². The molecule has 0 spiro atoms. The van der Waals surface area contributed by atoms with E-state index in [1.165, 1.54) is 12.1 Å². The molecule has 0 bridgehead atoms. The summed E-state index contributed by atoms with van der Waals surface area (Å²) in [6.45, 7) is 2.12. The van der Waals surface area contributed by atoms with Gasteiger partial charge in [0.1, 0.15) is 17.5 Å². The molecule has 3 aromatic rings. The van der Waals surface area contributed by atoms with Gasteiger partial charge in [-0.2, -0.15) is 0 Å². The van der Waals surface area contributed by atoms with E-state index in [0.717, 1.165) is 17.8 Å². The van der Waals surface area contributed by atoms with Gasteiger partial charge in [-0.05, 0) is 30.3 Å². The first kappa shape index (κ1) is 24.0. The van der Waals surface area contributed by atoms with E-state index in [4.69, 9.17) is 0 Å². The quantitative estimate of drug-likeness (QED) is 0.413. The summed E-state index contributed by atoms with van der Waals surface area (Å²) in [5, 5.41) is 8.96. The number of anilines is 3. The molecule has 2 aliphatic rings. The lowest BCUT2D eigenvalue weighted by Gasteiger charge is -2.31. The minimum absolute atomic E-state index is 0.0668. The zero-order valence-electron chi connectivity index (χ0n) is 19.3. The second-order valence-corrected chi connectivity index (χ2v) is 8.84. The summed E-state index contributed by atoms with van der Waals surface area (Å²) >= 11 is 0. The molecule has 1 fully saturated rings. The average molecular weight is 501 g/mol. The third-order valence-corrected chi connectivity index (χ3v) is 6.33. The van der Waals surface area contributed by atoms with Crippen LogP contribution >= 0.6 is 0 Å². The minimum Gasteiger partial charge on any atom is -0.383 e. The minimum atomic E-state index is -2.56. The van der Waals surface area contributed by atoms with Crippen molar-refractivity contribution in [1.29, 1.82) is 0 Å². The molecule has 36 heavy (non-hydrogen) atoms. The average Bonchev–Trinajstić information content (AvgIpc) is 3.22. The fourth-order valence-electron chi connectivity index (χ4n) is 4.37. The highest BCUT2D eigenvalue weighted by Gasteiger charge is 2.33. The van der Waals surface area contributed by atoms with E-state index in [1.54, 1.807) is 18.3 Å². The molecule has 0 aliphatic carbocycles. The van der Waals surface area contributed by atoms with Crippen LogP contribution in [0.15, 0.2) is 42.6 Å². The molecule has 5 rings (SSSR count). The number of nitrogens with zero attached hydrogens (tertiary/aromatic N) is 3. The van der Waals surface area contributed by atoms with Crippen LogP contribution in [0.3, 0.4) is 0 Å². The van der Waals surface area contributed by atoms with E-state index in [0.29, 0.717) is 48.9 Å². The maximum atomic E-state index is 14.4. The van der Waals surface area contributed by atoms with Gasteiger partial charge in [0.05, 0.1) is 46.6 Å². The van der Waals surface area contributed by atoms with Crippen LogP contribution in [-0.2, 0) is 6.54 Å². The Bertz CT molecular complexity index is 1250. The largest absolute Gasteiger partial charge is 0.383 e. The van der Waals surface area contributed by atoms with Gasteiger partial charge in [0.25, 0.3) is 11.8 Å². The number of hydrogen-bond donors (Lipinski definition) is 3. The van der Waals surface area contributed by atoms with Gasteiger partial charge < -0.3 is 20.9 Å². The van der Waals surface area contributed by atoms with Crippen molar-refractivity contribution in [3.8, 4) is 11.3 Å². The summed E-state index contributed by atoms with van der Waals surface area (Å²) in [7, 11) is 0. The highest BCUT2D eigenvalue weighted by atomic mass is 19.3. The van der Waals surface area contributed by atoms with Crippen LogP contribution in [-0.4, -0.2) is 52.9 Å². The Labute approximate surface area is 204 Å². The van der Waals surface area contributed by atoms with Crippen molar-refractivity contribution < 1.29 is 22.4 Å². The molecule has 188 valence electrons. The Hall–Kier alpha value is -3.73. The van der Waals surface area contributed by atoms with E-state index in [9.17, 15) is 22.4 Å². The van der Waals surface area contributed by atoms with Crippen LogP contribution in [0.25, 0.3) is 11.3 Å². The number of halogens is 4. The Morgan fingerprint density at radius 2 is 1.81 bits per heavy atom. The van der Waals surface area contributed by atoms with Crippen molar-refractivity contribution in [3.05, 3.63) is 65.5 Å². The number of amides is 1. The molecular weight excluding hydrogens is 476 g/mol. The number of pyridine rings is 2. The molecule has 1 amide bonds. The smallest absolute Gasteiger partial charge is 0.255 e. The Kier molecular flexibility index (Phi) is 6.48. The lowest BCUT2D eigenvalue weighted by atomic mass is 10.1. The number of piperidine rings is 1. The standard InChI is InChI=1S/C25H24F4N6O/c26-16-2-1-3-17(27)22(16)18-12-19(23-20(33-18)14-32-24(23)36)34-21-5-4-15(13-31-21)30-8-11-35-9-6-25(28,29)7-10-35/h1-5,12-13,30H,6-11,14H2,(H,32,36)(H,31,33,34). The number of rotatable bonds is 7. The summed E-state index contributed by atoms with van der Waals surface area (Å²) in [5.74, 6) is -3.98. The van der Waals surface area contributed by atoms with E-state index < -0.39 is 17.6 Å². The number of hydrogen-bond acceptors (Lipinski definition) is 6. The molecular formula is C25H24F4N6O. The van der Waals surface area contributed by atoms with Crippen LogP contribution in [0.5, 0.6) is 0 Å². The first-order chi connectivity index (χ1) is 17.3. The normalized spacial score (nSPS) is 16.9. The molecule has 1 aromatic carbocycles. The molecule has 0 atom stereocenters. The van der Waals surface area contributed by atoms with Crippen LogP contribution in [0.2, 0.25) is 0 Å². The van der Waals surface area contributed by atoms with Crippen molar-refractivity contribution in [3.63, 3.8) is 0 Å². The van der Waals surface area contributed by atoms with Crippen LogP contribution in [0.1, 0.15) is 28.9 Å². The van der Waals surface area contributed by atoms with Crippen molar-refractivity contribution in [1.82, 2.24) is 20.2 Å². The molecule has 2 aliphatic heterocycles. The van der Waals surface area contributed by atoms with Crippen LogP contribution < -0.4 is 16.0 Å². The number of likely N-dealkylation sites (tertiary alicyclic amines) is 1. The predicted octanol–water partition coefficient (Wildman–Crippen LogP) is 4.55. The zero-order chi connectivity index (χ0) is 25.3. The molecule has 1 saturated heterocycles. The Morgan fingerprint density at radius 3 is 2.50 bits per heavy atom. The SMILES string of the molecule is O=C1NCc2nc(-c3c(F)cccc3F)cc(Nc3ccc(NCCN4CCC(F)(F)CC4)cn3)c21. The summed E-state index contributed by atoms with van der Waals surface area (Å²) in [6, 6.07) is 8.50. The maximum absolute atomic E-state index is 14.4. The molecule has 0 radical (unpaired) electrons. The number of alkyl halides is 2. The highest BCUT2D eigenvalue weighted by Crippen LogP contribution is 2.33. The first-order valence-corrected chi connectivity index (χ1v) is 11.6. The van der Waals surface area contributed by atoms with Gasteiger partial charge in [0, 0.05) is 39.0 Å². The maximum Gasteiger partial charge on any atom is 0.255 e. The molecule has 11 heteroatoms. The monoisotopic (exact) mass is 500 g/mol. The fourth-order valence-corrected chi connectivity index (χ4v) is 4.37. The Morgan fingerprint density at radius 1 is 1.06 bits per heavy atom. The van der Waals surface area contributed by atoms with Gasteiger partial charge in [-0.3, -0.25) is 4.79 Å². The summed E-state index contributed by atoms with van der Waals surface area (Å²) < 4.78 is 55.3. The third kappa shape index (κ3) is 5.11. The number of benzene rings is 1. The summed E-state index contributed by atoms with van der Waals surface area (Å²) in [4.78, 5) is 23.1. The topological polar surface area (TPSA) is 82.2 Å². The van der Waals surface area contributed by atoms with Crippen molar-refractivity contribution in [2.24, 2.45) is 0 Å². The lowest BCUT2D eigenvalue weighted by Crippen LogP contribution is -2.41. The zero-order valence-corrected chi connectivity index (χ0v) is 19.3. The first-order valence-electron chi connectivity index (χ1n) is 11.6. The van der Waals surface area contributed by atoms with Crippen molar-refractivity contribution in [2.75, 3.05) is 36.8 Å². The number of carbonyl (C=O) groups excluding carboxylic acids is 1. The molecule has 7 nitrogen and oxygen atoms in total. The Balaban J connectivity index is 1.28. The van der Waals surface area contributed by atoms with Crippen LogP contribution in [0.4, 0.5) is 34.8 Å². The molecule has 2 aromatic heterocycles. The number of fused-ring (bicyclic) bond motifs is 1. The van der Waals surface area contributed by atoms with E-state index >= 15 is 0 Å². The highest BCUT2D eigenvalue weighted by molar-refractivity contribution is 6.04. The van der Waals surface area contributed by atoms with Crippen molar-refractivity contribution in [2.45, 2.75) is 25.3 Å². The van der Waals surface area contributed by atoms with Gasteiger partial charge in [-0.25, -0.2) is 27.5 Å². The number of nitrogens with one attached hydrogen (secondary N) is 3. The van der Waals surface area contributed by atoms with Gasteiger partial charge in [-0.15, -0.1) is 0 Å². The van der Waals surface area contributed by atoms with E-state index in [1.807, 2.05) is 4.90 Å². The van der Waals surface area contributed by atoms with Gasteiger partial charge in [0.2, 0.25) is 0 Å².